The Bertz CT molecular complexity index is 1420. The van der Waals surface area contributed by atoms with E-state index in [9.17, 15) is 22.4 Å². The van der Waals surface area contributed by atoms with Gasteiger partial charge in [-0.25, -0.2) is 12.8 Å². The number of hydrogen-bond acceptors (Lipinski definition) is 4. The van der Waals surface area contributed by atoms with Gasteiger partial charge in [0.2, 0.25) is 11.8 Å². The number of carbonyl (C=O) groups is 2. The van der Waals surface area contributed by atoms with Crippen LogP contribution in [0.5, 0.6) is 0 Å². The molecular formula is C29H33ClFN3O4S. The second-order valence-corrected chi connectivity index (χ2v) is 11.7. The molecule has 3 aromatic carbocycles. The smallest absolute Gasteiger partial charge is 0.264 e. The van der Waals surface area contributed by atoms with Gasteiger partial charge in [0.1, 0.15) is 18.4 Å². The highest BCUT2D eigenvalue weighted by Gasteiger charge is 2.33. The van der Waals surface area contributed by atoms with E-state index < -0.39 is 40.2 Å². The molecule has 0 aliphatic rings. The average Bonchev–Trinajstić information content (AvgIpc) is 2.90. The third-order valence-corrected chi connectivity index (χ3v) is 8.48. The number of aryl methyl sites for hydroxylation is 1. The maximum absolute atomic E-state index is 14.6. The lowest BCUT2D eigenvalue weighted by Gasteiger charge is -2.32. The summed E-state index contributed by atoms with van der Waals surface area (Å²) < 4.78 is 43.2. The van der Waals surface area contributed by atoms with E-state index in [0.717, 1.165) is 9.87 Å². The van der Waals surface area contributed by atoms with Crippen LogP contribution in [-0.4, -0.2) is 43.8 Å². The fourth-order valence-corrected chi connectivity index (χ4v) is 5.44. The van der Waals surface area contributed by atoms with Gasteiger partial charge in [-0.3, -0.25) is 13.9 Å². The Morgan fingerprint density at radius 2 is 1.67 bits per heavy atom. The van der Waals surface area contributed by atoms with E-state index in [1.54, 1.807) is 31.2 Å². The van der Waals surface area contributed by atoms with Crippen molar-refractivity contribution in [3.8, 4) is 0 Å². The largest absolute Gasteiger partial charge is 0.352 e. The quantitative estimate of drug-likeness (QED) is 0.337. The minimum absolute atomic E-state index is 0.0515. The zero-order valence-electron chi connectivity index (χ0n) is 22.4. The standard InChI is InChI=1S/C29H33ClFN3O4S/c1-5-21(3)32-29(36)22(4)33(18-23-10-6-7-12-27(23)31)28(35)19-34(25-11-8-9-20(2)17-25)39(37,38)26-15-13-24(30)14-16-26/h6-17,21-22H,5,18-19H2,1-4H3,(H,32,36). The molecule has 2 unspecified atom stereocenters. The molecule has 0 saturated heterocycles. The van der Waals surface area contributed by atoms with E-state index >= 15 is 0 Å². The maximum atomic E-state index is 14.6. The Balaban J connectivity index is 2.04. The lowest BCUT2D eigenvalue weighted by atomic mass is 10.1. The Kier molecular flexibility index (Phi) is 10.1. The third-order valence-electron chi connectivity index (χ3n) is 6.44. The van der Waals surface area contributed by atoms with Gasteiger partial charge < -0.3 is 10.2 Å². The van der Waals surface area contributed by atoms with E-state index in [1.165, 1.54) is 47.4 Å². The Morgan fingerprint density at radius 3 is 2.28 bits per heavy atom. The number of hydrogen-bond donors (Lipinski definition) is 1. The number of halogens is 2. The van der Waals surface area contributed by atoms with Crippen molar-refractivity contribution >= 4 is 39.1 Å². The molecule has 1 N–H and O–H groups in total. The normalized spacial score (nSPS) is 12.9. The van der Waals surface area contributed by atoms with Crippen molar-refractivity contribution in [2.24, 2.45) is 0 Å². The SMILES string of the molecule is CCC(C)NC(=O)C(C)N(Cc1ccccc1F)C(=O)CN(c1cccc(C)c1)S(=O)(=O)c1ccc(Cl)cc1. The molecule has 3 rings (SSSR count). The lowest BCUT2D eigenvalue weighted by Crippen LogP contribution is -2.52. The van der Waals surface area contributed by atoms with E-state index in [-0.39, 0.29) is 28.7 Å². The summed E-state index contributed by atoms with van der Waals surface area (Å²) >= 11 is 5.97. The first-order chi connectivity index (χ1) is 18.4. The summed E-state index contributed by atoms with van der Waals surface area (Å²) in [5, 5.41) is 3.21. The van der Waals surface area contributed by atoms with Gasteiger partial charge in [0, 0.05) is 23.2 Å². The molecule has 3 aromatic rings. The predicted molar refractivity (Wildman–Crippen MR) is 151 cm³/mol. The van der Waals surface area contributed by atoms with Gasteiger partial charge in [-0.1, -0.05) is 48.9 Å². The molecule has 2 atom stereocenters. The van der Waals surface area contributed by atoms with Crippen LogP contribution in [0, 0.1) is 12.7 Å². The Morgan fingerprint density at radius 1 is 1.00 bits per heavy atom. The van der Waals surface area contributed by atoms with Crippen LogP contribution in [0.1, 0.15) is 38.3 Å². The molecule has 0 aliphatic carbocycles. The second kappa shape index (κ2) is 13.1. The van der Waals surface area contributed by atoms with Gasteiger partial charge in [0.05, 0.1) is 10.6 Å². The number of nitrogens with zero attached hydrogens (tertiary/aromatic N) is 2. The zero-order valence-corrected chi connectivity index (χ0v) is 24.0. The van der Waals surface area contributed by atoms with Crippen molar-refractivity contribution in [1.29, 1.82) is 0 Å². The van der Waals surface area contributed by atoms with Crippen molar-refractivity contribution in [3.63, 3.8) is 0 Å². The molecule has 39 heavy (non-hydrogen) atoms. The van der Waals surface area contributed by atoms with Gasteiger partial charge in [-0.05, 0) is 75.2 Å². The molecule has 2 amide bonds. The summed E-state index contributed by atoms with van der Waals surface area (Å²) in [7, 11) is -4.21. The fourth-order valence-electron chi connectivity index (χ4n) is 3.90. The number of carbonyl (C=O) groups excluding carboxylic acids is 2. The Labute approximate surface area is 234 Å². The summed E-state index contributed by atoms with van der Waals surface area (Å²) in [5.41, 5.74) is 1.28. The predicted octanol–water partition coefficient (Wildman–Crippen LogP) is 5.31. The summed E-state index contributed by atoms with van der Waals surface area (Å²) in [6, 6.07) is 17.2. The molecule has 208 valence electrons. The van der Waals surface area contributed by atoms with E-state index in [4.69, 9.17) is 11.6 Å². The van der Waals surface area contributed by atoms with E-state index in [2.05, 4.69) is 5.32 Å². The van der Waals surface area contributed by atoms with Crippen LogP contribution in [0.3, 0.4) is 0 Å². The van der Waals surface area contributed by atoms with Crippen LogP contribution in [-0.2, 0) is 26.2 Å². The van der Waals surface area contributed by atoms with Gasteiger partial charge >= 0.3 is 0 Å². The third kappa shape index (κ3) is 7.58. The molecule has 0 saturated carbocycles. The highest BCUT2D eigenvalue weighted by molar-refractivity contribution is 7.92. The van der Waals surface area contributed by atoms with Crippen LogP contribution < -0.4 is 9.62 Å². The molecular weight excluding hydrogens is 541 g/mol. The molecule has 0 fully saturated rings. The number of amides is 2. The van der Waals surface area contributed by atoms with Crippen LogP contribution in [0.2, 0.25) is 5.02 Å². The molecule has 0 aromatic heterocycles. The van der Waals surface area contributed by atoms with Gasteiger partial charge in [-0.15, -0.1) is 0 Å². The molecule has 0 aliphatic heterocycles. The first-order valence-electron chi connectivity index (χ1n) is 12.6. The van der Waals surface area contributed by atoms with Crippen molar-refractivity contribution in [1.82, 2.24) is 10.2 Å². The van der Waals surface area contributed by atoms with Gasteiger partial charge in [0.15, 0.2) is 0 Å². The number of sulfonamides is 1. The lowest BCUT2D eigenvalue weighted by molar-refractivity contribution is -0.139. The summed E-state index contributed by atoms with van der Waals surface area (Å²) in [6.45, 7) is 6.28. The van der Waals surface area contributed by atoms with Crippen LogP contribution in [0.25, 0.3) is 0 Å². The topological polar surface area (TPSA) is 86.8 Å². The highest BCUT2D eigenvalue weighted by Crippen LogP contribution is 2.26. The number of benzene rings is 3. The van der Waals surface area contributed by atoms with E-state index in [1.807, 2.05) is 26.8 Å². The van der Waals surface area contributed by atoms with Gasteiger partial charge in [0.25, 0.3) is 10.0 Å². The minimum atomic E-state index is -4.21. The van der Waals surface area contributed by atoms with Crippen molar-refractivity contribution in [2.75, 3.05) is 10.8 Å². The number of rotatable bonds is 11. The molecule has 10 heteroatoms. The van der Waals surface area contributed by atoms with Crippen molar-refractivity contribution in [2.45, 2.75) is 57.6 Å². The van der Waals surface area contributed by atoms with Gasteiger partial charge in [-0.2, -0.15) is 0 Å². The van der Waals surface area contributed by atoms with Crippen LogP contribution >= 0.6 is 11.6 Å². The fraction of sp³-hybridized carbons (Fsp3) is 0.310. The summed E-state index contributed by atoms with van der Waals surface area (Å²) in [5.74, 6) is -1.62. The van der Waals surface area contributed by atoms with Crippen LogP contribution in [0.15, 0.2) is 77.7 Å². The summed E-state index contributed by atoms with van der Waals surface area (Å²) in [4.78, 5) is 28.1. The minimum Gasteiger partial charge on any atom is -0.352 e. The molecule has 0 heterocycles. The molecule has 7 nitrogen and oxygen atoms in total. The monoisotopic (exact) mass is 573 g/mol. The van der Waals surface area contributed by atoms with E-state index in [0.29, 0.717) is 11.4 Å². The average molecular weight is 574 g/mol. The second-order valence-electron chi connectivity index (χ2n) is 9.41. The Hall–Kier alpha value is -3.43. The van der Waals surface area contributed by atoms with Crippen LogP contribution in [0.4, 0.5) is 10.1 Å². The zero-order chi connectivity index (χ0) is 28.7. The molecule has 0 spiro atoms. The first-order valence-corrected chi connectivity index (χ1v) is 14.4. The highest BCUT2D eigenvalue weighted by atomic mass is 35.5. The number of anilines is 1. The first kappa shape index (κ1) is 30.1. The molecule has 0 bridgehead atoms. The van der Waals surface area contributed by atoms with Crippen molar-refractivity contribution in [3.05, 3.63) is 94.8 Å². The number of nitrogens with one attached hydrogen (secondary N) is 1. The van der Waals surface area contributed by atoms with Crippen molar-refractivity contribution < 1.29 is 22.4 Å². The molecule has 0 radical (unpaired) electrons. The summed E-state index contributed by atoms with van der Waals surface area (Å²) in [6.07, 6.45) is 0.681. The maximum Gasteiger partial charge on any atom is 0.264 e.